The van der Waals surface area contributed by atoms with Gasteiger partial charge in [0.05, 0.1) is 26.1 Å². The number of nitrogens with one attached hydrogen (secondary N) is 2. The third kappa shape index (κ3) is 6.76. The Morgan fingerprint density at radius 3 is 2.38 bits per heavy atom. The Morgan fingerprint density at radius 1 is 1.17 bits per heavy atom. The molecular weight excluding hydrogens is 314 g/mol. The molecule has 0 aliphatic rings. The van der Waals surface area contributed by atoms with E-state index in [9.17, 15) is 14.4 Å². The van der Waals surface area contributed by atoms with Crippen LogP contribution in [0.1, 0.15) is 23.2 Å². The molecule has 24 heavy (non-hydrogen) atoms. The molecule has 1 aromatic rings. The Kier molecular flexibility index (Phi) is 8.45. The van der Waals surface area contributed by atoms with E-state index in [4.69, 9.17) is 10.5 Å². The number of methoxy groups -OCH3 is 2. The maximum atomic E-state index is 11.9. The lowest BCUT2D eigenvalue weighted by atomic mass is 10.2. The number of anilines is 1. The summed E-state index contributed by atoms with van der Waals surface area (Å²) in [5, 5.41) is 5.31. The SMILES string of the molecule is COC(=O)CCNC(=O)c1ccc(NC(=O)CC(CN)OC)cc1. The van der Waals surface area contributed by atoms with Crippen LogP contribution >= 0.6 is 0 Å². The van der Waals surface area contributed by atoms with Crippen LogP contribution in [0.5, 0.6) is 0 Å². The summed E-state index contributed by atoms with van der Waals surface area (Å²) in [5.41, 5.74) is 6.46. The van der Waals surface area contributed by atoms with Crippen LogP contribution in [0.25, 0.3) is 0 Å². The second-order valence-corrected chi connectivity index (χ2v) is 5.01. The van der Waals surface area contributed by atoms with E-state index in [2.05, 4.69) is 15.4 Å². The molecule has 1 aromatic carbocycles. The van der Waals surface area contributed by atoms with E-state index in [0.717, 1.165) is 0 Å². The number of carbonyl (C=O) groups excluding carboxylic acids is 3. The van der Waals surface area contributed by atoms with Gasteiger partial charge in [-0.3, -0.25) is 14.4 Å². The van der Waals surface area contributed by atoms with Crippen molar-refractivity contribution in [3.63, 3.8) is 0 Å². The van der Waals surface area contributed by atoms with Crippen LogP contribution in [0.15, 0.2) is 24.3 Å². The van der Waals surface area contributed by atoms with Crippen molar-refractivity contribution < 1.29 is 23.9 Å². The molecule has 0 saturated heterocycles. The van der Waals surface area contributed by atoms with Crippen molar-refractivity contribution in [2.45, 2.75) is 18.9 Å². The van der Waals surface area contributed by atoms with E-state index in [1.807, 2.05) is 0 Å². The summed E-state index contributed by atoms with van der Waals surface area (Å²) in [7, 11) is 2.79. The first-order valence-corrected chi connectivity index (χ1v) is 7.48. The van der Waals surface area contributed by atoms with Gasteiger partial charge < -0.3 is 25.8 Å². The second-order valence-electron chi connectivity index (χ2n) is 5.01. The molecule has 1 atom stereocenters. The molecule has 1 unspecified atom stereocenters. The van der Waals surface area contributed by atoms with Crippen LogP contribution in [0.4, 0.5) is 5.69 Å². The van der Waals surface area contributed by atoms with Crippen molar-refractivity contribution in [3.05, 3.63) is 29.8 Å². The van der Waals surface area contributed by atoms with Gasteiger partial charge in [-0.1, -0.05) is 0 Å². The molecule has 0 heterocycles. The lowest BCUT2D eigenvalue weighted by molar-refractivity contribution is -0.140. The highest BCUT2D eigenvalue weighted by atomic mass is 16.5. The Morgan fingerprint density at radius 2 is 1.83 bits per heavy atom. The monoisotopic (exact) mass is 337 g/mol. The Balaban J connectivity index is 2.48. The van der Waals surface area contributed by atoms with Crippen molar-refractivity contribution in [1.29, 1.82) is 0 Å². The molecule has 132 valence electrons. The number of nitrogens with two attached hydrogens (primary N) is 1. The van der Waals surface area contributed by atoms with Gasteiger partial charge in [-0.25, -0.2) is 0 Å². The van der Waals surface area contributed by atoms with Gasteiger partial charge in [-0.15, -0.1) is 0 Å². The molecule has 2 amide bonds. The molecular formula is C16H23N3O5. The van der Waals surface area contributed by atoms with Crippen molar-refractivity contribution >= 4 is 23.5 Å². The smallest absolute Gasteiger partial charge is 0.307 e. The Labute approximate surface area is 140 Å². The van der Waals surface area contributed by atoms with Gasteiger partial charge in [-0.2, -0.15) is 0 Å². The van der Waals surface area contributed by atoms with E-state index < -0.39 is 0 Å². The highest BCUT2D eigenvalue weighted by molar-refractivity contribution is 5.96. The molecule has 0 radical (unpaired) electrons. The quantitative estimate of drug-likeness (QED) is 0.557. The van der Waals surface area contributed by atoms with E-state index >= 15 is 0 Å². The van der Waals surface area contributed by atoms with Crippen molar-refractivity contribution in [2.75, 3.05) is 32.6 Å². The number of ether oxygens (including phenoxy) is 2. The van der Waals surface area contributed by atoms with E-state index in [-0.39, 0.29) is 49.8 Å². The van der Waals surface area contributed by atoms with Crippen LogP contribution in [-0.4, -0.2) is 51.2 Å². The zero-order valence-corrected chi connectivity index (χ0v) is 13.8. The molecule has 0 saturated carbocycles. The number of rotatable bonds is 9. The predicted molar refractivity (Wildman–Crippen MR) is 88.5 cm³/mol. The minimum absolute atomic E-state index is 0.109. The predicted octanol–water partition coefficient (Wildman–Crippen LogP) is 0.282. The van der Waals surface area contributed by atoms with Crippen molar-refractivity contribution in [3.8, 4) is 0 Å². The molecule has 0 aromatic heterocycles. The highest BCUT2D eigenvalue weighted by Gasteiger charge is 2.12. The second kappa shape index (κ2) is 10.3. The van der Waals surface area contributed by atoms with Gasteiger partial charge in [0.25, 0.3) is 5.91 Å². The minimum Gasteiger partial charge on any atom is -0.469 e. The number of benzene rings is 1. The van der Waals surface area contributed by atoms with Gasteiger partial charge in [0.1, 0.15) is 0 Å². The Hall–Kier alpha value is -2.45. The standard InChI is InChI=1S/C16H23N3O5/c1-23-13(10-17)9-14(20)19-12-5-3-11(4-6-12)16(22)18-8-7-15(21)24-2/h3-6,13H,7-10,17H2,1-2H3,(H,18,22)(H,19,20). The largest absolute Gasteiger partial charge is 0.469 e. The van der Waals surface area contributed by atoms with Crippen LogP contribution in [-0.2, 0) is 19.1 Å². The third-order valence-electron chi connectivity index (χ3n) is 3.28. The fourth-order valence-corrected chi connectivity index (χ4v) is 1.87. The fourth-order valence-electron chi connectivity index (χ4n) is 1.87. The molecule has 1 rings (SSSR count). The summed E-state index contributed by atoms with van der Waals surface area (Å²) >= 11 is 0. The molecule has 8 heteroatoms. The van der Waals surface area contributed by atoms with Gasteiger partial charge in [0, 0.05) is 31.5 Å². The summed E-state index contributed by atoms with van der Waals surface area (Å²) in [6, 6.07) is 6.41. The first kappa shape index (κ1) is 19.6. The van der Waals surface area contributed by atoms with Gasteiger partial charge in [0.2, 0.25) is 5.91 Å². The molecule has 0 aliphatic heterocycles. The maximum absolute atomic E-state index is 11.9. The molecule has 0 spiro atoms. The zero-order valence-electron chi connectivity index (χ0n) is 13.8. The normalized spacial score (nSPS) is 11.5. The average Bonchev–Trinajstić information content (AvgIpc) is 2.59. The average molecular weight is 337 g/mol. The summed E-state index contributed by atoms with van der Waals surface area (Å²) in [5.74, 6) is -0.915. The topological polar surface area (TPSA) is 120 Å². The number of esters is 1. The van der Waals surface area contributed by atoms with Crippen LogP contribution in [0.2, 0.25) is 0 Å². The van der Waals surface area contributed by atoms with Crippen LogP contribution < -0.4 is 16.4 Å². The fraction of sp³-hybridized carbons (Fsp3) is 0.438. The van der Waals surface area contributed by atoms with E-state index in [0.29, 0.717) is 11.3 Å². The van der Waals surface area contributed by atoms with Gasteiger partial charge in [-0.05, 0) is 24.3 Å². The first-order chi connectivity index (χ1) is 11.5. The summed E-state index contributed by atoms with van der Waals surface area (Å²) < 4.78 is 9.54. The lowest BCUT2D eigenvalue weighted by Gasteiger charge is -2.12. The van der Waals surface area contributed by atoms with Crippen LogP contribution in [0.3, 0.4) is 0 Å². The van der Waals surface area contributed by atoms with E-state index in [1.54, 1.807) is 24.3 Å². The number of hydrogen-bond donors (Lipinski definition) is 3. The summed E-state index contributed by atoms with van der Waals surface area (Å²) in [4.78, 5) is 34.7. The minimum atomic E-state index is -0.389. The molecule has 0 aliphatic carbocycles. The molecule has 0 fully saturated rings. The maximum Gasteiger partial charge on any atom is 0.307 e. The zero-order chi connectivity index (χ0) is 17.9. The third-order valence-corrected chi connectivity index (χ3v) is 3.28. The molecule has 4 N–H and O–H groups in total. The molecule has 0 bridgehead atoms. The van der Waals surface area contributed by atoms with Crippen molar-refractivity contribution in [2.24, 2.45) is 5.73 Å². The number of carbonyl (C=O) groups is 3. The lowest BCUT2D eigenvalue weighted by Crippen LogP contribution is -2.28. The summed E-state index contributed by atoms with van der Waals surface area (Å²) in [6.45, 7) is 0.454. The Bertz CT molecular complexity index is 555. The summed E-state index contributed by atoms with van der Waals surface area (Å²) in [6.07, 6.45) is -0.0640. The number of amides is 2. The van der Waals surface area contributed by atoms with E-state index in [1.165, 1.54) is 14.2 Å². The van der Waals surface area contributed by atoms with Crippen molar-refractivity contribution in [1.82, 2.24) is 5.32 Å². The number of hydrogen-bond acceptors (Lipinski definition) is 6. The first-order valence-electron chi connectivity index (χ1n) is 7.48. The van der Waals surface area contributed by atoms with Gasteiger partial charge in [0.15, 0.2) is 0 Å². The highest BCUT2D eigenvalue weighted by Crippen LogP contribution is 2.10. The van der Waals surface area contributed by atoms with Crippen LogP contribution in [0, 0.1) is 0 Å². The van der Waals surface area contributed by atoms with Gasteiger partial charge >= 0.3 is 5.97 Å². The molecule has 8 nitrogen and oxygen atoms in total.